The fraction of sp³-hybridized carbons (Fsp3) is 1.00. The van der Waals surface area contributed by atoms with E-state index < -0.39 is 9.84 Å². The van der Waals surface area contributed by atoms with E-state index in [4.69, 9.17) is 0 Å². The summed E-state index contributed by atoms with van der Waals surface area (Å²) in [5.74, 6) is 1.42. The van der Waals surface area contributed by atoms with Gasteiger partial charge >= 0.3 is 0 Å². The summed E-state index contributed by atoms with van der Waals surface area (Å²) in [7, 11) is -2.86. The molecule has 2 atom stereocenters. The Balaban J connectivity index is 1.94. The van der Waals surface area contributed by atoms with Crippen molar-refractivity contribution in [1.82, 2.24) is 10.2 Å². The Kier molecular flexibility index (Phi) is 6.51. The number of nitrogens with zero attached hydrogens (tertiary/aromatic N) is 1. The number of nitrogens with one attached hydrogen (secondary N) is 1. The van der Waals surface area contributed by atoms with Gasteiger partial charge < -0.3 is 5.32 Å². The predicted molar refractivity (Wildman–Crippen MR) is 88.3 cm³/mol. The van der Waals surface area contributed by atoms with E-state index in [0.29, 0.717) is 23.6 Å². The van der Waals surface area contributed by atoms with Crippen molar-refractivity contribution >= 4 is 9.84 Å². The lowest BCUT2D eigenvalue weighted by atomic mass is 9.82. The Hall–Kier alpha value is -0.130. The number of piperazine rings is 1. The lowest BCUT2D eigenvalue weighted by molar-refractivity contribution is 0.0810. The van der Waals surface area contributed by atoms with Gasteiger partial charge in [0.15, 0.2) is 9.84 Å². The molecular weight excluding hydrogens is 284 g/mol. The van der Waals surface area contributed by atoms with Crippen molar-refractivity contribution in [3.63, 3.8) is 0 Å². The molecule has 0 amide bonds. The van der Waals surface area contributed by atoms with Crippen LogP contribution < -0.4 is 5.32 Å². The first kappa shape index (κ1) is 17.2. The highest BCUT2D eigenvalue weighted by atomic mass is 32.2. The SMILES string of the molecule is CCCS(=O)(=O)CCN1CC(C)NCC1C1CCCCC1. The van der Waals surface area contributed by atoms with Gasteiger partial charge in [-0.1, -0.05) is 26.2 Å². The molecule has 1 heterocycles. The van der Waals surface area contributed by atoms with E-state index in [1.807, 2.05) is 6.92 Å². The first-order valence-corrected chi connectivity index (χ1v) is 10.5. The molecule has 0 aromatic carbocycles. The molecule has 1 saturated heterocycles. The van der Waals surface area contributed by atoms with Gasteiger partial charge in [-0.15, -0.1) is 0 Å². The quantitative estimate of drug-likeness (QED) is 0.815. The molecule has 0 bridgehead atoms. The third-order valence-corrected chi connectivity index (χ3v) is 6.89. The lowest BCUT2D eigenvalue weighted by Gasteiger charge is -2.44. The van der Waals surface area contributed by atoms with Crippen LogP contribution in [0.15, 0.2) is 0 Å². The van der Waals surface area contributed by atoms with Crippen LogP contribution in [0.25, 0.3) is 0 Å². The van der Waals surface area contributed by atoms with Crippen molar-refractivity contribution in [2.24, 2.45) is 5.92 Å². The van der Waals surface area contributed by atoms with Gasteiger partial charge in [0, 0.05) is 37.5 Å². The Bertz CT molecular complexity index is 405. The van der Waals surface area contributed by atoms with Gasteiger partial charge in [-0.05, 0) is 32.1 Å². The fourth-order valence-electron chi connectivity index (χ4n) is 3.91. The third kappa shape index (κ3) is 5.22. The zero-order valence-corrected chi connectivity index (χ0v) is 14.5. The monoisotopic (exact) mass is 316 g/mol. The van der Waals surface area contributed by atoms with Crippen LogP contribution >= 0.6 is 0 Å². The van der Waals surface area contributed by atoms with Crippen molar-refractivity contribution < 1.29 is 8.42 Å². The summed E-state index contributed by atoms with van der Waals surface area (Å²) in [6.45, 7) is 6.87. The Labute approximate surface area is 130 Å². The van der Waals surface area contributed by atoms with Gasteiger partial charge in [0.2, 0.25) is 0 Å². The second-order valence-corrected chi connectivity index (χ2v) is 9.23. The second-order valence-electron chi connectivity index (χ2n) is 6.92. The van der Waals surface area contributed by atoms with E-state index in [1.165, 1.54) is 32.1 Å². The van der Waals surface area contributed by atoms with E-state index in [2.05, 4.69) is 17.1 Å². The molecule has 21 heavy (non-hydrogen) atoms. The minimum atomic E-state index is -2.86. The van der Waals surface area contributed by atoms with Crippen molar-refractivity contribution in [1.29, 1.82) is 0 Å². The number of sulfone groups is 1. The summed E-state index contributed by atoms with van der Waals surface area (Å²) in [6.07, 6.45) is 7.43. The van der Waals surface area contributed by atoms with Crippen LogP contribution in [0.4, 0.5) is 0 Å². The topological polar surface area (TPSA) is 49.4 Å². The summed E-state index contributed by atoms with van der Waals surface area (Å²) in [6, 6.07) is 1.01. The Morgan fingerprint density at radius 3 is 2.52 bits per heavy atom. The molecule has 2 rings (SSSR count). The van der Waals surface area contributed by atoms with E-state index in [-0.39, 0.29) is 0 Å². The Morgan fingerprint density at radius 1 is 1.14 bits per heavy atom. The molecule has 2 unspecified atom stereocenters. The molecule has 5 heteroatoms. The molecule has 124 valence electrons. The highest BCUT2D eigenvalue weighted by molar-refractivity contribution is 7.91. The summed E-state index contributed by atoms with van der Waals surface area (Å²) in [5, 5.41) is 3.59. The summed E-state index contributed by atoms with van der Waals surface area (Å²) in [4.78, 5) is 2.46. The largest absolute Gasteiger partial charge is 0.311 e. The molecule has 1 aliphatic heterocycles. The molecule has 1 N–H and O–H groups in total. The molecular formula is C16H32N2O2S. The Morgan fingerprint density at radius 2 is 1.86 bits per heavy atom. The molecule has 2 aliphatic rings. The average Bonchev–Trinajstić information content (AvgIpc) is 2.46. The van der Waals surface area contributed by atoms with Crippen LogP contribution in [-0.2, 0) is 9.84 Å². The van der Waals surface area contributed by atoms with E-state index in [9.17, 15) is 8.42 Å². The van der Waals surface area contributed by atoms with Crippen LogP contribution in [0.5, 0.6) is 0 Å². The third-order valence-electron chi connectivity index (χ3n) is 5.05. The van der Waals surface area contributed by atoms with Crippen molar-refractivity contribution in [3.05, 3.63) is 0 Å². The van der Waals surface area contributed by atoms with Crippen LogP contribution in [0.2, 0.25) is 0 Å². The molecule has 1 saturated carbocycles. The average molecular weight is 317 g/mol. The molecule has 2 fully saturated rings. The zero-order chi connectivity index (χ0) is 15.3. The van der Waals surface area contributed by atoms with Gasteiger partial charge in [0.1, 0.15) is 0 Å². The molecule has 4 nitrogen and oxygen atoms in total. The van der Waals surface area contributed by atoms with Gasteiger partial charge in [0.25, 0.3) is 0 Å². The first-order valence-electron chi connectivity index (χ1n) is 8.69. The number of hydrogen-bond acceptors (Lipinski definition) is 4. The maximum absolute atomic E-state index is 12.0. The number of rotatable bonds is 6. The van der Waals surface area contributed by atoms with Crippen molar-refractivity contribution in [3.8, 4) is 0 Å². The van der Waals surface area contributed by atoms with Crippen LogP contribution in [0.1, 0.15) is 52.4 Å². The van der Waals surface area contributed by atoms with Crippen LogP contribution in [0, 0.1) is 5.92 Å². The molecule has 0 aromatic heterocycles. The lowest BCUT2D eigenvalue weighted by Crippen LogP contribution is -2.59. The normalized spacial score (nSPS) is 29.6. The van der Waals surface area contributed by atoms with E-state index in [0.717, 1.165) is 32.0 Å². The molecule has 0 aromatic rings. The minimum Gasteiger partial charge on any atom is -0.311 e. The number of hydrogen-bond donors (Lipinski definition) is 1. The fourth-order valence-corrected chi connectivity index (χ4v) is 5.25. The standard InChI is InChI=1S/C16H32N2O2S/c1-3-10-21(19,20)11-9-18-13-14(2)17-12-16(18)15-7-5-4-6-8-15/h14-17H,3-13H2,1-2H3. The smallest absolute Gasteiger partial charge is 0.151 e. The van der Waals surface area contributed by atoms with E-state index in [1.54, 1.807) is 0 Å². The van der Waals surface area contributed by atoms with Crippen LogP contribution in [-0.4, -0.2) is 56.5 Å². The first-order chi connectivity index (χ1) is 10.0. The van der Waals surface area contributed by atoms with Gasteiger partial charge in [-0.3, -0.25) is 4.90 Å². The van der Waals surface area contributed by atoms with Crippen molar-refractivity contribution in [2.45, 2.75) is 64.5 Å². The predicted octanol–water partition coefficient (Wildman–Crippen LogP) is 2.05. The zero-order valence-electron chi connectivity index (χ0n) is 13.7. The van der Waals surface area contributed by atoms with E-state index >= 15 is 0 Å². The second kappa shape index (κ2) is 7.93. The summed E-state index contributed by atoms with van der Waals surface area (Å²) >= 11 is 0. The summed E-state index contributed by atoms with van der Waals surface area (Å²) < 4.78 is 24.0. The van der Waals surface area contributed by atoms with Crippen LogP contribution in [0.3, 0.4) is 0 Å². The molecule has 1 aliphatic carbocycles. The highest BCUT2D eigenvalue weighted by Crippen LogP contribution is 2.30. The highest BCUT2D eigenvalue weighted by Gasteiger charge is 2.33. The maximum atomic E-state index is 12.0. The summed E-state index contributed by atoms with van der Waals surface area (Å²) in [5.41, 5.74) is 0. The minimum absolute atomic E-state index is 0.330. The van der Waals surface area contributed by atoms with Gasteiger partial charge in [-0.25, -0.2) is 8.42 Å². The molecule has 0 radical (unpaired) electrons. The maximum Gasteiger partial charge on any atom is 0.151 e. The van der Waals surface area contributed by atoms with Gasteiger partial charge in [-0.2, -0.15) is 0 Å². The van der Waals surface area contributed by atoms with Crippen molar-refractivity contribution in [2.75, 3.05) is 31.1 Å². The molecule has 0 spiro atoms. The van der Waals surface area contributed by atoms with Gasteiger partial charge in [0.05, 0.1) is 5.75 Å².